The smallest absolute Gasteiger partial charge is 0.341 e. The molecule has 152 valence electrons. The molecule has 1 aromatic heterocycles. The maximum atomic E-state index is 12.2. The number of hydrogen-bond acceptors (Lipinski definition) is 7. The van der Waals surface area contributed by atoms with Crippen LogP contribution in [-0.4, -0.2) is 41.5 Å². The Morgan fingerprint density at radius 2 is 2.07 bits per heavy atom. The molecule has 2 aliphatic rings. The molecule has 5 atom stereocenters. The minimum Gasteiger partial charge on any atom is -0.465 e. The van der Waals surface area contributed by atoms with Crippen LogP contribution in [0.4, 0.5) is 0 Å². The predicted octanol–water partition coefficient (Wildman–Crippen LogP) is 2.48. The summed E-state index contributed by atoms with van der Waals surface area (Å²) in [5, 5.41) is 21.2. The third kappa shape index (κ3) is 3.77. The molecule has 0 saturated carbocycles. The number of aliphatic hydroxyl groups excluding tert-OH is 2. The summed E-state index contributed by atoms with van der Waals surface area (Å²) in [5.74, 6) is -1.14. The topological polar surface area (TPSA) is 106 Å². The van der Waals surface area contributed by atoms with Gasteiger partial charge in [-0.15, -0.1) is 0 Å². The fourth-order valence-corrected chi connectivity index (χ4v) is 3.70. The van der Waals surface area contributed by atoms with Crippen molar-refractivity contribution in [2.24, 2.45) is 11.8 Å². The Labute approximate surface area is 163 Å². The van der Waals surface area contributed by atoms with Crippen molar-refractivity contribution in [3.63, 3.8) is 0 Å². The molecule has 2 aliphatic heterocycles. The Hall–Kier alpha value is -2.38. The van der Waals surface area contributed by atoms with Crippen LogP contribution < -0.4 is 0 Å². The van der Waals surface area contributed by atoms with Crippen LogP contribution in [0.1, 0.15) is 54.7 Å². The zero-order valence-corrected chi connectivity index (χ0v) is 16.3. The third-order valence-electron chi connectivity index (χ3n) is 5.67. The number of allylic oxidation sites excluding steroid dienone is 1. The van der Waals surface area contributed by atoms with Gasteiger partial charge in [0.2, 0.25) is 0 Å². The second kappa shape index (κ2) is 7.93. The van der Waals surface area contributed by atoms with E-state index in [1.54, 1.807) is 13.0 Å². The van der Waals surface area contributed by atoms with Gasteiger partial charge in [-0.3, -0.25) is 0 Å². The van der Waals surface area contributed by atoms with E-state index in [2.05, 4.69) is 6.58 Å². The summed E-state index contributed by atoms with van der Waals surface area (Å²) < 4.78 is 16.0. The lowest BCUT2D eigenvalue weighted by atomic mass is 9.88. The van der Waals surface area contributed by atoms with Crippen LogP contribution in [0.15, 0.2) is 34.3 Å². The number of carbonyl (C=O) groups is 2. The Morgan fingerprint density at radius 3 is 2.71 bits per heavy atom. The van der Waals surface area contributed by atoms with Gasteiger partial charge in [-0.1, -0.05) is 19.1 Å². The second-order valence-corrected chi connectivity index (χ2v) is 7.62. The second-order valence-electron chi connectivity index (χ2n) is 7.62. The van der Waals surface area contributed by atoms with Gasteiger partial charge in [0.25, 0.3) is 0 Å². The molecule has 2 N–H and O–H groups in total. The van der Waals surface area contributed by atoms with Gasteiger partial charge in [-0.25, -0.2) is 9.59 Å². The molecular weight excluding hydrogens is 364 g/mol. The number of ether oxygens (including phenoxy) is 2. The summed E-state index contributed by atoms with van der Waals surface area (Å²) in [6, 6.07) is 1.41. The van der Waals surface area contributed by atoms with Gasteiger partial charge in [-0.05, 0) is 37.8 Å². The first kappa shape index (κ1) is 20.4. The summed E-state index contributed by atoms with van der Waals surface area (Å²) in [4.78, 5) is 24.4. The van der Waals surface area contributed by atoms with E-state index >= 15 is 0 Å². The molecule has 3 rings (SSSR count). The van der Waals surface area contributed by atoms with Crippen molar-refractivity contribution >= 4 is 11.9 Å². The average Bonchev–Trinajstić information content (AvgIpc) is 3.25. The van der Waals surface area contributed by atoms with Gasteiger partial charge in [-0.2, -0.15) is 0 Å². The highest BCUT2D eigenvalue weighted by atomic mass is 16.5. The normalized spacial score (nSPS) is 30.4. The largest absolute Gasteiger partial charge is 0.465 e. The number of esters is 2. The van der Waals surface area contributed by atoms with Crippen LogP contribution in [0.5, 0.6) is 0 Å². The summed E-state index contributed by atoms with van der Waals surface area (Å²) >= 11 is 0. The molecule has 0 radical (unpaired) electrons. The first-order chi connectivity index (χ1) is 13.2. The molecule has 0 saturated heterocycles. The summed E-state index contributed by atoms with van der Waals surface area (Å²) in [7, 11) is 1.27. The molecule has 1 aromatic rings. The van der Waals surface area contributed by atoms with Crippen molar-refractivity contribution in [1.29, 1.82) is 0 Å². The molecule has 3 heterocycles. The lowest BCUT2D eigenvalue weighted by molar-refractivity contribution is -0.144. The van der Waals surface area contributed by atoms with Crippen LogP contribution in [0.25, 0.3) is 0 Å². The molecule has 1 unspecified atom stereocenters. The van der Waals surface area contributed by atoms with E-state index in [0.29, 0.717) is 30.6 Å². The predicted molar refractivity (Wildman–Crippen MR) is 99.4 cm³/mol. The van der Waals surface area contributed by atoms with E-state index in [-0.39, 0.29) is 17.2 Å². The Morgan fingerprint density at radius 1 is 1.36 bits per heavy atom. The SMILES string of the molecule is C=C(C)[C@H]1CCC2=C[C@@H](OC2=O)C(C)[C@H](O)[C@@H](O)c2cc(C(=O)OC)c(o2)C1. The van der Waals surface area contributed by atoms with E-state index < -0.39 is 36.2 Å². The first-order valence-corrected chi connectivity index (χ1v) is 9.37. The zero-order chi connectivity index (χ0) is 20.6. The van der Waals surface area contributed by atoms with Crippen LogP contribution in [0, 0.1) is 11.8 Å². The highest BCUT2D eigenvalue weighted by molar-refractivity contribution is 5.91. The van der Waals surface area contributed by atoms with Gasteiger partial charge >= 0.3 is 11.9 Å². The molecule has 4 bridgehead atoms. The van der Waals surface area contributed by atoms with E-state index in [1.165, 1.54) is 13.2 Å². The van der Waals surface area contributed by atoms with Crippen LogP contribution >= 0.6 is 0 Å². The van der Waals surface area contributed by atoms with E-state index in [1.807, 2.05) is 6.92 Å². The van der Waals surface area contributed by atoms with Crippen molar-refractivity contribution in [3.8, 4) is 0 Å². The van der Waals surface area contributed by atoms with Gasteiger partial charge < -0.3 is 24.1 Å². The Balaban J connectivity index is 2.05. The third-order valence-corrected chi connectivity index (χ3v) is 5.67. The summed E-state index contributed by atoms with van der Waals surface area (Å²) in [5.41, 5.74) is 1.66. The fourth-order valence-electron chi connectivity index (χ4n) is 3.70. The van der Waals surface area contributed by atoms with Gasteiger partial charge in [0.15, 0.2) is 0 Å². The van der Waals surface area contributed by atoms with E-state index in [9.17, 15) is 19.8 Å². The standard InChI is InChI=1S/C21H26O7/c1-10(2)12-5-6-13-8-15(28-20(13)24)11(3)18(22)19(23)17-9-14(21(25)26-4)16(7-12)27-17/h8-9,11-12,15,18-19,22-23H,1,5-7H2,2-4H3/t11?,12-,15+,18-,19-/m0/s1. The summed E-state index contributed by atoms with van der Waals surface area (Å²) in [6.07, 6.45) is -0.0701. The number of carbonyl (C=O) groups excluding carboxylic acids is 2. The fraction of sp³-hybridized carbons (Fsp3) is 0.524. The van der Waals surface area contributed by atoms with Crippen molar-refractivity contribution in [3.05, 3.63) is 47.0 Å². The maximum Gasteiger partial charge on any atom is 0.341 e. The van der Waals surface area contributed by atoms with Crippen LogP contribution in [0.3, 0.4) is 0 Å². The minimum atomic E-state index is -1.38. The Bertz CT molecular complexity index is 819. The van der Waals surface area contributed by atoms with Crippen molar-refractivity contribution in [2.75, 3.05) is 7.11 Å². The lowest BCUT2D eigenvalue weighted by Gasteiger charge is -2.25. The zero-order valence-electron chi connectivity index (χ0n) is 16.3. The average molecular weight is 390 g/mol. The van der Waals surface area contributed by atoms with E-state index in [4.69, 9.17) is 13.9 Å². The highest BCUT2D eigenvalue weighted by Gasteiger charge is 2.38. The van der Waals surface area contributed by atoms with Crippen molar-refractivity contribution in [1.82, 2.24) is 0 Å². The number of furan rings is 1. The molecule has 0 aromatic carbocycles. The molecule has 7 heteroatoms. The molecule has 7 nitrogen and oxygen atoms in total. The first-order valence-electron chi connectivity index (χ1n) is 9.37. The van der Waals surface area contributed by atoms with Crippen LogP contribution in [0.2, 0.25) is 0 Å². The van der Waals surface area contributed by atoms with Gasteiger partial charge in [0.05, 0.1) is 13.2 Å². The van der Waals surface area contributed by atoms with Gasteiger partial charge in [0.1, 0.15) is 29.3 Å². The van der Waals surface area contributed by atoms with Crippen molar-refractivity contribution in [2.45, 2.75) is 51.4 Å². The molecule has 0 aliphatic carbocycles. The van der Waals surface area contributed by atoms with Crippen molar-refractivity contribution < 1.29 is 33.7 Å². The minimum absolute atomic E-state index is 0.0459. The van der Waals surface area contributed by atoms with Gasteiger partial charge in [0, 0.05) is 17.9 Å². The maximum absolute atomic E-state index is 12.2. The lowest BCUT2D eigenvalue weighted by Crippen LogP contribution is -2.33. The molecule has 0 fully saturated rings. The van der Waals surface area contributed by atoms with E-state index in [0.717, 1.165) is 5.57 Å². The number of rotatable bonds is 2. The monoisotopic (exact) mass is 390 g/mol. The molecular formula is C21H26O7. The molecule has 28 heavy (non-hydrogen) atoms. The summed E-state index contributed by atoms with van der Waals surface area (Å²) in [6.45, 7) is 7.59. The quantitative estimate of drug-likeness (QED) is 0.590. The van der Waals surface area contributed by atoms with Crippen LogP contribution in [-0.2, 0) is 20.7 Å². The molecule has 0 amide bonds. The Kier molecular flexibility index (Phi) is 5.76. The molecule has 0 spiro atoms. The number of methoxy groups -OCH3 is 1. The highest BCUT2D eigenvalue weighted by Crippen LogP contribution is 2.35. The number of hydrogen-bond donors (Lipinski definition) is 2. The number of fused-ring (bicyclic) bond motifs is 3. The number of aliphatic hydroxyl groups is 2.